The summed E-state index contributed by atoms with van der Waals surface area (Å²) >= 11 is 2.15. The van der Waals surface area contributed by atoms with Gasteiger partial charge >= 0.3 is 0 Å². The maximum atomic E-state index is 4.91. The molecule has 0 bridgehead atoms. The lowest BCUT2D eigenvalue weighted by Crippen LogP contribution is -1.78. The molecule has 0 aliphatic heterocycles. The van der Waals surface area contributed by atoms with Gasteiger partial charge in [-0.05, 0) is 17.1 Å². The van der Waals surface area contributed by atoms with Crippen molar-refractivity contribution in [1.29, 1.82) is 0 Å². The molecule has 0 saturated carbocycles. The first-order chi connectivity index (χ1) is 4.93. The number of halogens is 1. The highest BCUT2D eigenvalue weighted by Crippen LogP contribution is 2.05. The molecule has 10 heavy (non-hydrogen) atoms. The Morgan fingerprint density at radius 2 is 1.60 bits per heavy atom. The number of alkyl halides is 1. The van der Waals surface area contributed by atoms with Gasteiger partial charge in [-0.25, -0.2) is 0 Å². The Hall–Kier alpha value is -0.250. The molecule has 2 heteroatoms. The highest BCUT2D eigenvalue weighted by molar-refractivity contribution is 14.1. The second-order valence-corrected chi connectivity index (χ2v) is 1.52. The molecule has 1 rings (SSSR count). The molecule has 0 unspecified atom stereocenters. The van der Waals surface area contributed by atoms with Crippen LogP contribution in [0.3, 0.4) is 0 Å². The van der Waals surface area contributed by atoms with Crippen molar-refractivity contribution < 1.29 is 4.74 Å². The molecule has 0 aromatic heterocycles. The predicted molar refractivity (Wildman–Crippen MR) is 52.9 cm³/mol. The third-order valence-corrected chi connectivity index (χ3v) is 0.979. The van der Waals surface area contributed by atoms with Crippen molar-refractivity contribution in [2.45, 2.75) is 0 Å². The van der Waals surface area contributed by atoms with Crippen LogP contribution in [0.4, 0.5) is 0 Å². The van der Waals surface area contributed by atoms with E-state index in [1.807, 2.05) is 35.3 Å². The lowest BCUT2D eigenvalue weighted by molar-refractivity contribution is 0.415. The van der Waals surface area contributed by atoms with E-state index in [1.165, 1.54) is 0 Å². The van der Waals surface area contributed by atoms with Gasteiger partial charge in [0, 0.05) is 0 Å². The molecule has 0 spiro atoms. The largest absolute Gasteiger partial charge is 0.497 e. The third-order valence-electron chi connectivity index (χ3n) is 0.979. The molecule has 1 nitrogen and oxygen atoms in total. The Morgan fingerprint density at radius 3 is 1.90 bits per heavy atom. The van der Waals surface area contributed by atoms with E-state index in [-0.39, 0.29) is 0 Å². The minimum absolute atomic E-state index is 0.910. The number of methoxy groups -OCH3 is 1. The van der Waals surface area contributed by atoms with Crippen LogP contribution in [0.5, 0.6) is 5.75 Å². The smallest absolute Gasteiger partial charge is 0.118 e. The summed E-state index contributed by atoms with van der Waals surface area (Å²) in [6, 6.07) is 9.68. The predicted octanol–water partition coefficient (Wildman–Crippen LogP) is 2.75. The molecule has 0 amide bonds. The fourth-order valence-electron chi connectivity index (χ4n) is 0.557. The van der Waals surface area contributed by atoms with Gasteiger partial charge < -0.3 is 4.74 Å². The molecular formula is C8H11IO. The zero-order valence-electron chi connectivity index (χ0n) is 6.17. The second kappa shape index (κ2) is 6.86. The number of ether oxygens (including phenoxy) is 1. The highest BCUT2D eigenvalue weighted by atomic mass is 127. The molecule has 0 aliphatic rings. The average molecular weight is 250 g/mol. The van der Waals surface area contributed by atoms with E-state index in [4.69, 9.17) is 4.74 Å². The summed E-state index contributed by atoms with van der Waals surface area (Å²) in [7, 11) is 1.66. The average Bonchev–Trinajstić information content (AvgIpc) is 2.10. The van der Waals surface area contributed by atoms with Gasteiger partial charge in [-0.15, -0.1) is 0 Å². The van der Waals surface area contributed by atoms with Crippen molar-refractivity contribution in [2.75, 3.05) is 12.0 Å². The van der Waals surface area contributed by atoms with Crippen molar-refractivity contribution in [2.24, 2.45) is 0 Å². The van der Waals surface area contributed by atoms with Gasteiger partial charge in [-0.1, -0.05) is 40.8 Å². The topological polar surface area (TPSA) is 9.23 Å². The number of rotatable bonds is 1. The Morgan fingerprint density at radius 1 is 1.10 bits per heavy atom. The van der Waals surface area contributed by atoms with Gasteiger partial charge in [0.1, 0.15) is 5.75 Å². The monoisotopic (exact) mass is 250 g/mol. The summed E-state index contributed by atoms with van der Waals surface area (Å²) in [6.07, 6.45) is 0. The van der Waals surface area contributed by atoms with Crippen LogP contribution >= 0.6 is 22.6 Å². The van der Waals surface area contributed by atoms with Crippen molar-refractivity contribution in [3.05, 3.63) is 30.3 Å². The summed E-state index contributed by atoms with van der Waals surface area (Å²) in [5.41, 5.74) is 0. The number of para-hydroxylation sites is 1. The van der Waals surface area contributed by atoms with Crippen LogP contribution in [0, 0.1) is 0 Å². The zero-order valence-corrected chi connectivity index (χ0v) is 8.33. The van der Waals surface area contributed by atoms with Crippen molar-refractivity contribution in [3.63, 3.8) is 0 Å². The van der Waals surface area contributed by atoms with Gasteiger partial charge in [0.2, 0.25) is 0 Å². The fourth-order valence-corrected chi connectivity index (χ4v) is 0.557. The van der Waals surface area contributed by atoms with E-state index in [0.29, 0.717) is 0 Å². The van der Waals surface area contributed by atoms with E-state index >= 15 is 0 Å². The van der Waals surface area contributed by atoms with Crippen LogP contribution in [0.25, 0.3) is 0 Å². The minimum Gasteiger partial charge on any atom is -0.497 e. The quantitative estimate of drug-likeness (QED) is 0.550. The summed E-state index contributed by atoms with van der Waals surface area (Å²) in [5, 5.41) is 0. The first-order valence-electron chi connectivity index (χ1n) is 2.90. The second-order valence-electron chi connectivity index (χ2n) is 1.52. The van der Waals surface area contributed by atoms with E-state index < -0.39 is 0 Å². The molecule has 0 N–H and O–H groups in total. The summed E-state index contributed by atoms with van der Waals surface area (Å²) in [5.74, 6) is 0.910. The molecule has 0 atom stereocenters. The van der Waals surface area contributed by atoms with Gasteiger partial charge in [0.25, 0.3) is 0 Å². The molecular weight excluding hydrogens is 239 g/mol. The SMILES string of the molecule is CI.COc1ccccc1. The van der Waals surface area contributed by atoms with Crippen LogP contribution < -0.4 is 4.74 Å². The first-order valence-corrected chi connectivity index (χ1v) is 5.06. The van der Waals surface area contributed by atoms with Crippen molar-refractivity contribution in [3.8, 4) is 5.75 Å². The molecule has 0 fully saturated rings. The maximum Gasteiger partial charge on any atom is 0.118 e. The Bertz CT molecular complexity index is 151. The van der Waals surface area contributed by atoms with Crippen LogP contribution in [0.1, 0.15) is 0 Å². The normalized spacial score (nSPS) is 7.50. The van der Waals surface area contributed by atoms with Gasteiger partial charge in [-0.2, -0.15) is 0 Å². The molecule has 1 aromatic rings. The first kappa shape index (κ1) is 9.75. The molecule has 0 saturated heterocycles. The van der Waals surface area contributed by atoms with E-state index in [9.17, 15) is 0 Å². The molecule has 1 aromatic carbocycles. The van der Waals surface area contributed by atoms with Crippen molar-refractivity contribution >= 4 is 22.6 Å². The maximum absolute atomic E-state index is 4.91. The van der Waals surface area contributed by atoms with Gasteiger partial charge in [0.05, 0.1) is 7.11 Å². The summed E-state index contributed by atoms with van der Waals surface area (Å²) < 4.78 is 4.91. The molecule has 0 heterocycles. The molecule has 0 aliphatic carbocycles. The highest BCUT2D eigenvalue weighted by Gasteiger charge is 1.80. The Balaban J connectivity index is 0.000000371. The van der Waals surface area contributed by atoms with Crippen LogP contribution in [-0.2, 0) is 0 Å². The molecule has 56 valence electrons. The lowest BCUT2D eigenvalue weighted by Gasteiger charge is -1.93. The lowest BCUT2D eigenvalue weighted by atomic mass is 10.3. The molecule has 0 radical (unpaired) electrons. The van der Waals surface area contributed by atoms with Crippen LogP contribution in [-0.4, -0.2) is 12.0 Å². The number of benzene rings is 1. The zero-order chi connectivity index (χ0) is 7.82. The van der Waals surface area contributed by atoms with Crippen LogP contribution in [0.15, 0.2) is 30.3 Å². The summed E-state index contributed by atoms with van der Waals surface area (Å²) in [4.78, 5) is 1.97. The van der Waals surface area contributed by atoms with Gasteiger partial charge in [0.15, 0.2) is 0 Å². The Kier molecular flexibility index (Phi) is 6.69. The number of hydrogen-bond donors (Lipinski definition) is 0. The summed E-state index contributed by atoms with van der Waals surface area (Å²) in [6.45, 7) is 0. The van der Waals surface area contributed by atoms with E-state index in [2.05, 4.69) is 22.6 Å². The standard InChI is InChI=1S/C7H8O.CH3I/c1-8-7-5-3-2-4-6-7;1-2/h2-6H,1H3;1H3. The number of hydrogen-bond acceptors (Lipinski definition) is 1. The van der Waals surface area contributed by atoms with Crippen LogP contribution in [0.2, 0.25) is 0 Å². The van der Waals surface area contributed by atoms with E-state index in [1.54, 1.807) is 7.11 Å². The van der Waals surface area contributed by atoms with E-state index in [0.717, 1.165) is 5.75 Å². The minimum atomic E-state index is 0.910. The third kappa shape index (κ3) is 3.71. The Labute approximate surface area is 75.5 Å². The fraction of sp³-hybridized carbons (Fsp3) is 0.250. The van der Waals surface area contributed by atoms with Crippen molar-refractivity contribution in [1.82, 2.24) is 0 Å². The van der Waals surface area contributed by atoms with Gasteiger partial charge in [-0.3, -0.25) is 0 Å².